The van der Waals surface area contributed by atoms with Crippen LogP contribution >= 0.6 is 22.6 Å². The van der Waals surface area contributed by atoms with E-state index in [1.165, 1.54) is 12.3 Å². The van der Waals surface area contributed by atoms with Gasteiger partial charge in [0.15, 0.2) is 0 Å². The number of nitrogen functional groups attached to an aromatic ring is 1. The second-order valence-electron chi connectivity index (χ2n) is 1.93. The largest absolute Gasteiger partial charge is 0.506 e. The molecule has 0 atom stereocenters. The first-order valence-electron chi connectivity index (χ1n) is 2.80. The number of nitrogens with one attached hydrogen (secondary N) is 1. The standard InChI is InChI=1S/C6H6IN3O/c7-3-1-4(11)5(6(8)9)10-2-3/h1-2,11H,(H3,8,9). The molecule has 58 valence electrons. The first kappa shape index (κ1) is 8.25. The van der Waals surface area contributed by atoms with Crippen LogP contribution in [0.3, 0.4) is 0 Å². The lowest BCUT2D eigenvalue weighted by atomic mass is 10.3. The summed E-state index contributed by atoms with van der Waals surface area (Å²) in [4.78, 5) is 3.77. The molecule has 0 amide bonds. The monoisotopic (exact) mass is 263 g/mol. The second-order valence-corrected chi connectivity index (χ2v) is 3.18. The normalized spacial score (nSPS) is 9.55. The number of aromatic nitrogens is 1. The molecular weight excluding hydrogens is 257 g/mol. The maximum absolute atomic E-state index is 9.17. The molecule has 0 aliphatic carbocycles. The zero-order valence-corrected chi connectivity index (χ0v) is 7.66. The minimum absolute atomic E-state index is 0.0515. The second kappa shape index (κ2) is 3.04. The van der Waals surface area contributed by atoms with Crippen LogP contribution in [0.15, 0.2) is 12.3 Å². The van der Waals surface area contributed by atoms with Gasteiger partial charge >= 0.3 is 0 Å². The van der Waals surface area contributed by atoms with Crippen molar-refractivity contribution in [3.05, 3.63) is 21.5 Å². The van der Waals surface area contributed by atoms with Crippen LogP contribution < -0.4 is 5.73 Å². The zero-order valence-electron chi connectivity index (χ0n) is 5.50. The summed E-state index contributed by atoms with van der Waals surface area (Å²) in [5.74, 6) is -0.275. The van der Waals surface area contributed by atoms with Crippen LogP contribution in [0.4, 0.5) is 0 Å². The number of pyridine rings is 1. The molecule has 0 aliphatic heterocycles. The molecule has 4 N–H and O–H groups in total. The Balaban J connectivity index is 3.20. The molecule has 0 saturated carbocycles. The molecule has 5 heteroatoms. The fraction of sp³-hybridized carbons (Fsp3) is 0. The molecule has 0 spiro atoms. The first-order valence-corrected chi connectivity index (χ1v) is 3.88. The average molecular weight is 263 g/mol. The van der Waals surface area contributed by atoms with Crippen molar-refractivity contribution < 1.29 is 5.11 Å². The topological polar surface area (TPSA) is 83.0 Å². The third-order valence-corrected chi connectivity index (χ3v) is 1.68. The number of hydrogen-bond acceptors (Lipinski definition) is 3. The fourth-order valence-electron chi connectivity index (χ4n) is 0.636. The number of nitrogens with zero attached hydrogens (tertiary/aromatic N) is 1. The molecule has 1 aromatic rings. The van der Waals surface area contributed by atoms with Gasteiger partial charge in [-0.05, 0) is 28.7 Å². The van der Waals surface area contributed by atoms with Gasteiger partial charge in [0.05, 0.1) is 0 Å². The Morgan fingerprint density at radius 1 is 1.73 bits per heavy atom. The van der Waals surface area contributed by atoms with Crippen LogP contribution in [-0.4, -0.2) is 15.9 Å². The molecule has 1 heterocycles. The first-order chi connectivity index (χ1) is 5.11. The number of aromatic hydroxyl groups is 1. The molecule has 0 aromatic carbocycles. The molecule has 11 heavy (non-hydrogen) atoms. The summed E-state index contributed by atoms with van der Waals surface area (Å²) in [7, 11) is 0. The molecular formula is C6H6IN3O. The Bertz CT molecular complexity index is 300. The minimum atomic E-state index is -0.223. The third-order valence-electron chi connectivity index (χ3n) is 1.09. The van der Waals surface area contributed by atoms with E-state index < -0.39 is 0 Å². The Labute approximate surface area is 77.1 Å². The quantitative estimate of drug-likeness (QED) is 0.395. The molecule has 0 unspecified atom stereocenters. The van der Waals surface area contributed by atoms with E-state index in [4.69, 9.17) is 11.1 Å². The van der Waals surface area contributed by atoms with Gasteiger partial charge in [0, 0.05) is 9.77 Å². The van der Waals surface area contributed by atoms with E-state index in [-0.39, 0.29) is 17.3 Å². The lowest BCUT2D eigenvalue weighted by Gasteiger charge is -1.99. The van der Waals surface area contributed by atoms with Crippen LogP contribution in [0.5, 0.6) is 5.75 Å². The molecule has 0 saturated heterocycles. The van der Waals surface area contributed by atoms with E-state index in [0.717, 1.165) is 3.57 Å². The molecule has 0 fully saturated rings. The Morgan fingerprint density at radius 3 is 2.82 bits per heavy atom. The summed E-state index contributed by atoms with van der Waals surface area (Å²) in [5, 5.41) is 16.2. The molecule has 1 rings (SSSR count). The van der Waals surface area contributed by atoms with Crippen LogP contribution in [0, 0.1) is 8.98 Å². The van der Waals surface area contributed by atoms with Crippen LogP contribution in [0.1, 0.15) is 5.69 Å². The van der Waals surface area contributed by atoms with Gasteiger partial charge in [-0.3, -0.25) is 5.41 Å². The van der Waals surface area contributed by atoms with Crippen molar-refractivity contribution in [1.29, 1.82) is 5.41 Å². The van der Waals surface area contributed by atoms with Gasteiger partial charge in [-0.15, -0.1) is 0 Å². The van der Waals surface area contributed by atoms with Crippen molar-refractivity contribution in [1.82, 2.24) is 4.98 Å². The fourth-order valence-corrected chi connectivity index (χ4v) is 1.07. The summed E-state index contributed by atoms with van der Waals surface area (Å²) in [6.45, 7) is 0. The maximum atomic E-state index is 9.17. The number of hydrogen-bond donors (Lipinski definition) is 3. The van der Waals surface area contributed by atoms with E-state index in [1.54, 1.807) is 0 Å². The third kappa shape index (κ3) is 1.79. The molecule has 0 radical (unpaired) electrons. The van der Waals surface area contributed by atoms with Gasteiger partial charge in [-0.2, -0.15) is 0 Å². The predicted octanol–water partition coefficient (Wildman–Crippen LogP) is 0.676. The van der Waals surface area contributed by atoms with Crippen molar-refractivity contribution in [3.63, 3.8) is 0 Å². The van der Waals surface area contributed by atoms with E-state index >= 15 is 0 Å². The zero-order chi connectivity index (χ0) is 8.43. The molecule has 0 aliphatic rings. The summed E-state index contributed by atoms with van der Waals surface area (Å²) >= 11 is 2.01. The Kier molecular flexibility index (Phi) is 2.28. The number of rotatable bonds is 1. The van der Waals surface area contributed by atoms with Gasteiger partial charge in [-0.1, -0.05) is 0 Å². The minimum Gasteiger partial charge on any atom is -0.506 e. The van der Waals surface area contributed by atoms with Crippen LogP contribution in [-0.2, 0) is 0 Å². The van der Waals surface area contributed by atoms with Crippen molar-refractivity contribution in [3.8, 4) is 5.75 Å². The SMILES string of the molecule is N=C(N)c1ncc(I)cc1O. The highest BCUT2D eigenvalue weighted by molar-refractivity contribution is 14.1. The predicted molar refractivity (Wildman–Crippen MR) is 49.6 cm³/mol. The van der Waals surface area contributed by atoms with E-state index in [2.05, 4.69) is 4.98 Å². The summed E-state index contributed by atoms with van der Waals surface area (Å²) in [6.07, 6.45) is 1.54. The van der Waals surface area contributed by atoms with Gasteiger partial charge in [-0.25, -0.2) is 4.98 Å². The van der Waals surface area contributed by atoms with Crippen LogP contribution in [0.2, 0.25) is 0 Å². The Morgan fingerprint density at radius 2 is 2.36 bits per heavy atom. The molecule has 0 bridgehead atoms. The van der Waals surface area contributed by atoms with Crippen molar-refractivity contribution in [2.24, 2.45) is 5.73 Å². The molecule has 4 nitrogen and oxygen atoms in total. The highest BCUT2D eigenvalue weighted by atomic mass is 127. The number of amidine groups is 1. The van der Waals surface area contributed by atoms with Crippen LogP contribution in [0.25, 0.3) is 0 Å². The van der Waals surface area contributed by atoms with Gasteiger partial charge in [0.2, 0.25) is 0 Å². The molecule has 1 aromatic heterocycles. The number of halogens is 1. The maximum Gasteiger partial charge on any atom is 0.146 e. The van der Waals surface area contributed by atoms with Crippen molar-refractivity contribution in [2.75, 3.05) is 0 Å². The summed E-state index contributed by atoms with van der Waals surface area (Å²) in [5.41, 5.74) is 5.25. The van der Waals surface area contributed by atoms with E-state index in [1.807, 2.05) is 22.6 Å². The van der Waals surface area contributed by atoms with E-state index in [0.29, 0.717) is 0 Å². The lowest BCUT2D eigenvalue weighted by molar-refractivity contribution is 0.470. The smallest absolute Gasteiger partial charge is 0.146 e. The van der Waals surface area contributed by atoms with Gasteiger partial charge in [0.25, 0.3) is 0 Å². The Hall–Kier alpha value is -0.850. The van der Waals surface area contributed by atoms with Crippen molar-refractivity contribution >= 4 is 28.4 Å². The lowest BCUT2D eigenvalue weighted by Crippen LogP contribution is -2.13. The average Bonchev–Trinajstić information content (AvgIpc) is 1.85. The number of nitrogens with two attached hydrogens (primary N) is 1. The summed E-state index contributed by atoms with van der Waals surface area (Å²) < 4.78 is 0.810. The van der Waals surface area contributed by atoms with Crippen molar-refractivity contribution in [2.45, 2.75) is 0 Å². The highest BCUT2D eigenvalue weighted by Crippen LogP contribution is 2.16. The van der Waals surface area contributed by atoms with E-state index in [9.17, 15) is 5.11 Å². The van der Waals surface area contributed by atoms with Gasteiger partial charge in [0.1, 0.15) is 17.3 Å². The highest BCUT2D eigenvalue weighted by Gasteiger charge is 2.04. The van der Waals surface area contributed by atoms with Gasteiger partial charge < -0.3 is 10.8 Å². The summed E-state index contributed by atoms with van der Waals surface area (Å²) in [6, 6.07) is 1.50.